The van der Waals surface area contributed by atoms with Gasteiger partial charge < -0.3 is 19.8 Å². The summed E-state index contributed by atoms with van der Waals surface area (Å²) in [6, 6.07) is 12.4. The van der Waals surface area contributed by atoms with Gasteiger partial charge in [-0.15, -0.1) is 24.0 Å². The number of hydrogen-bond donors (Lipinski definition) is 2. The number of nitrogens with zero attached hydrogens (tertiary/aromatic N) is 1. The first kappa shape index (κ1) is 20.8. The van der Waals surface area contributed by atoms with Gasteiger partial charge in [-0.05, 0) is 31.0 Å². The number of benzene rings is 1. The number of guanidine groups is 1. The van der Waals surface area contributed by atoms with Crippen molar-refractivity contribution in [2.24, 2.45) is 10.9 Å². The third-order valence-corrected chi connectivity index (χ3v) is 4.37. The lowest BCUT2D eigenvalue weighted by Crippen LogP contribution is -2.40. The Hall–Kier alpha value is -1.54. The summed E-state index contributed by atoms with van der Waals surface area (Å²) in [7, 11) is 0. The van der Waals surface area contributed by atoms with Crippen molar-refractivity contribution in [2.75, 3.05) is 26.3 Å². The Balaban J connectivity index is 0.00000243. The Kier molecular flexibility index (Phi) is 8.97. The molecule has 5 nitrogen and oxygen atoms in total. The van der Waals surface area contributed by atoms with E-state index in [1.165, 1.54) is 11.1 Å². The predicted octanol–water partition coefficient (Wildman–Crippen LogP) is 3.52. The minimum absolute atomic E-state index is 0. The van der Waals surface area contributed by atoms with Crippen LogP contribution in [0.5, 0.6) is 0 Å². The molecule has 1 aromatic carbocycles. The Morgan fingerprint density at radius 2 is 2.04 bits per heavy atom. The fourth-order valence-corrected chi connectivity index (χ4v) is 2.78. The predicted molar refractivity (Wildman–Crippen MR) is 115 cm³/mol. The summed E-state index contributed by atoms with van der Waals surface area (Å²) in [5.74, 6) is 2.39. The van der Waals surface area contributed by atoms with Gasteiger partial charge >= 0.3 is 0 Å². The molecule has 6 heteroatoms. The fourth-order valence-electron chi connectivity index (χ4n) is 2.78. The number of rotatable bonds is 7. The van der Waals surface area contributed by atoms with Crippen molar-refractivity contribution in [2.45, 2.75) is 26.3 Å². The van der Waals surface area contributed by atoms with E-state index < -0.39 is 0 Å². The van der Waals surface area contributed by atoms with Gasteiger partial charge in [-0.1, -0.05) is 29.8 Å². The van der Waals surface area contributed by atoms with E-state index in [1.54, 1.807) is 6.26 Å². The minimum atomic E-state index is 0. The molecule has 0 spiro atoms. The summed E-state index contributed by atoms with van der Waals surface area (Å²) in [5, 5.41) is 6.85. The molecule has 0 bridgehead atoms. The van der Waals surface area contributed by atoms with Crippen molar-refractivity contribution in [1.29, 1.82) is 0 Å². The summed E-state index contributed by atoms with van der Waals surface area (Å²) in [4.78, 5) is 4.73. The molecule has 1 aromatic heterocycles. The molecule has 2 aromatic rings. The molecule has 1 unspecified atom stereocenters. The standard InChI is InChI=1S/C20H27N3O2.HI/c1-16-4-6-17(7-5-16)13-22-20(23-14-18-9-12-24-15-18)21-10-8-19-3-2-11-25-19;/h2-7,11,18H,8-10,12-15H2,1H3,(H2,21,22,23);1H. The van der Waals surface area contributed by atoms with Crippen LogP contribution >= 0.6 is 24.0 Å². The topological polar surface area (TPSA) is 58.8 Å². The second-order valence-electron chi connectivity index (χ2n) is 6.52. The van der Waals surface area contributed by atoms with Crippen LogP contribution in [0.3, 0.4) is 0 Å². The molecule has 1 aliphatic heterocycles. The molecule has 2 heterocycles. The number of ether oxygens (including phenoxy) is 1. The van der Waals surface area contributed by atoms with Gasteiger partial charge in [0, 0.05) is 32.0 Å². The highest BCUT2D eigenvalue weighted by Gasteiger charge is 2.15. The van der Waals surface area contributed by atoms with Crippen LogP contribution in [-0.2, 0) is 17.7 Å². The monoisotopic (exact) mass is 469 g/mol. The van der Waals surface area contributed by atoms with Crippen LogP contribution in [0.1, 0.15) is 23.3 Å². The van der Waals surface area contributed by atoms with E-state index >= 15 is 0 Å². The van der Waals surface area contributed by atoms with E-state index in [4.69, 9.17) is 14.1 Å². The largest absolute Gasteiger partial charge is 0.469 e. The summed E-state index contributed by atoms with van der Waals surface area (Å²) >= 11 is 0. The SMILES string of the molecule is Cc1ccc(CN=C(NCCc2ccco2)NCC2CCOC2)cc1.I. The first-order valence-corrected chi connectivity index (χ1v) is 8.97. The molecule has 26 heavy (non-hydrogen) atoms. The molecule has 1 aliphatic rings. The Morgan fingerprint density at radius 1 is 1.19 bits per heavy atom. The van der Waals surface area contributed by atoms with Gasteiger partial charge in [0.05, 0.1) is 19.4 Å². The van der Waals surface area contributed by atoms with Gasteiger partial charge in [0.25, 0.3) is 0 Å². The normalized spacial score (nSPS) is 17.0. The van der Waals surface area contributed by atoms with E-state index in [-0.39, 0.29) is 24.0 Å². The van der Waals surface area contributed by atoms with Crippen molar-refractivity contribution in [3.63, 3.8) is 0 Å². The Labute approximate surface area is 172 Å². The highest BCUT2D eigenvalue weighted by molar-refractivity contribution is 14.0. The molecule has 0 radical (unpaired) electrons. The zero-order chi connectivity index (χ0) is 17.3. The van der Waals surface area contributed by atoms with E-state index in [0.717, 1.165) is 50.9 Å². The number of furan rings is 1. The van der Waals surface area contributed by atoms with Crippen molar-refractivity contribution < 1.29 is 9.15 Å². The van der Waals surface area contributed by atoms with Gasteiger partial charge in [-0.25, -0.2) is 4.99 Å². The van der Waals surface area contributed by atoms with Crippen LogP contribution < -0.4 is 10.6 Å². The van der Waals surface area contributed by atoms with Crippen molar-refractivity contribution >= 4 is 29.9 Å². The highest BCUT2D eigenvalue weighted by atomic mass is 127. The van der Waals surface area contributed by atoms with Crippen LogP contribution in [-0.4, -0.2) is 32.3 Å². The summed E-state index contributed by atoms with van der Waals surface area (Å²) in [6.07, 6.45) is 3.66. The number of aliphatic imine (C=N–C) groups is 1. The van der Waals surface area contributed by atoms with Crippen molar-refractivity contribution in [3.8, 4) is 0 Å². The van der Waals surface area contributed by atoms with Gasteiger partial charge in [0.1, 0.15) is 5.76 Å². The first-order valence-electron chi connectivity index (χ1n) is 8.97. The second kappa shape index (κ2) is 11.2. The molecule has 1 saturated heterocycles. The molecule has 3 rings (SSSR count). The van der Waals surface area contributed by atoms with Gasteiger partial charge in [-0.2, -0.15) is 0 Å². The Morgan fingerprint density at radius 3 is 2.73 bits per heavy atom. The number of hydrogen-bond acceptors (Lipinski definition) is 3. The van der Waals surface area contributed by atoms with Crippen LogP contribution in [0, 0.1) is 12.8 Å². The lowest BCUT2D eigenvalue weighted by molar-refractivity contribution is 0.186. The van der Waals surface area contributed by atoms with Crippen molar-refractivity contribution in [1.82, 2.24) is 10.6 Å². The van der Waals surface area contributed by atoms with E-state index in [0.29, 0.717) is 12.5 Å². The number of halogens is 1. The smallest absolute Gasteiger partial charge is 0.191 e. The molecular formula is C20H28IN3O2. The molecule has 0 amide bonds. The molecular weight excluding hydrogens is 441 g/mol. The average Bonchev–Trinajstić information content (AvgIpc) is 3.32. The highest BCUT2D eigenvalue weighted by Crippen LogP contribution is 2.10. The fraction of sp³-hybridized carbons (Fsp3) is 0.450. The third kappa shape index (κ3) is 6.99. The quantitative estimate of drug-likeness (QED) is 0.370. The van der Waals surface area contributed by atoms with E-state index in [1.807, 2.05) is 12.1 Å². The number of aryl methyl sites for hydroxylation is 1. The van der Waals surface area contributed by atoms with E-state index in [2.05, 4.69) is 41.8 Å². The maximum Gasteiger partial charge on any atom is 0.191 e. The van der Waals surface area contributed by atoms with Crippen molar-refractivity contribution in [3.05, 3.63) is 59.5 Å². The summed E-state index contributed by atoms with van der Waals surface area (Å²) < 4.78 is 10.8. The maximum atomic E-state index is 5.45. The zero-order valence-corrected chi connectivity index (χ0v) is 17.6. The van der Waals surface area contributed by atoms with Gasteiger partial charge in [0.15, 0.2) is 5.96 Å². The molecule has 1 fully saturated rings. The lowest BCUT2D eigenvalue weighted by Gasteiger charge is -2.15. The summed E-state index contributed by atoms with van der Waals surface area (Å²) in [6.45, 7) is 6.14. The minimum Gasteiger partial charge on any atom is -0.469 e. The maximum absolute atomic E-state index is 5.45. The van der Waals surface area contributed by atoms with Crippen LogP contribution in [0.2, 0.25) is 0 Å². The van der Waals surface area contributed by atoms with Gasteiger partial charge in [0.2, 0.25) is 0 Å². The average molecular weight is 469 g/mol. The molecule has 2 N–H and O–H groups in total. The van der Waals surface area contributed by atoms with Crippen LogP contribution in [0.4, 0.5) is 0 Å². The van der Waals surface area contributed by atoms with Gasteiger partial charge in [-0.3, -0.25) is 0 Å². The van der Waals surface area contributed by atoms with E-state index in [9.17, 15) is 0 Å². The lowest BCUT2D eigenvalue weighted by atomic mass is 10.1. The zero-order valence-electron chi connectivity index (χ0n) is 15.2. The third-order valence-electron chi connectivity index (χ3n) is 4.37. The molecule has 1 atom stereocenters. The molecule has 0 saturated carbocycles. The van der Waals surface area contributed by atoms with Crippen LogP contribution in [0.25, 0.3) is 0 Å². The Bertz CT molecular complexity index is 650. The molecule has 142 valence electrons. The number of nitrogens with one attached hydrogen (secondary N) is 2. The molecule has 0 aliphatic carbocycles. The second-order valence-corrected chi connectivity index (χ2v) is 6.52. The summed E-state index contributed by atoms with van der Waals surface area (Å²) in [5.41, 5.74) is 2.48. The first-order chi connectivity index (χ1) is 12.3. The van der Waals surface area contributed by atoms with Crippen LogP contribution in [0.15, 0.2) is 52.1 Å².